The van der Waals surface area contributed by atoms with Gasteiger partial charge in [-0.2, -0.15) is 0 Å². The van der Waals surface area contributed by atoms with Crippen molar-refractivity contribution in [1.82, 2.24) is 0 Å². The highest BCUT2D eigenvalue weighted by Gasteiger charge is 1.99. The van der Waals surface area contributed by atoms with E-state index in [0.29, 0.717) is 13.0 Å². The van der Waals surface area contributed by atoms with Crippen molar-refractivity contribution in [2.24, 2.45) is 5.73 Å². The molecule has 11 heavy (non-hydrogen) atoms. The Labute approximate surface area is 77.8 Å². The summed E-state index contributed by atoms with van der Waals surface area (Å²) in [5.74, 6) is -0.362. The highest BCUT2D eigenvalue weighted by atomic mass is 35.5. The van der Waals surface area contributed by atoms with E-state index >= 15 is 0 Å². The molecule has 68 valence electrons. The first-order valence-electron chi connectivity index (χ1n) is 3.32. The lowest BCUT2D eigenvalue weighted by Crippen LogP contribution is -2.00. The number of hydrogen-bond donors (Lipinski definition) is 1. The first-order chi connectivity index (χ1) is 4.81. The Morgan fingerprint density at radius 2 is 2.00 bits per heavy atom. The maximum absolute atomic E-state index is 10.4. The summed E-state index contributed by atoms with van der Waals surface area (Å²) in [5, 5.41) is 0. The summed E-state index contributed by atoms with van der Waals surface area (Å²) in [5.41, 5.74) is 5.24. The number of halogens is 2. The molecule has 0 heterocycles. The zero-order chi connectivity index (χ0) is 7.82. The second-order valence-electron chi connectivity index (χ2n) is 2.05. The molecule has 0 saturated carbocycles. The van der Waals surface area contributed by atoms with E-state index in [9.17, 15) is 4.79 Å². The van der Waals surface area contributed by atoms with E-state index in [2.05, 4.69) is 4.29 Å². The zero-order valence-corrected chi connectivity index (χ0v) is 7.79. The van der Waals surface area contributed by atoms with Crippen LogP contribution in [-0.2, 0) is 9.08 Å². The first-order valence-corrected chi connectivity index (χ1v) is 3.63. The second-order valence-corrected chi connectivity index (χ2v) is 2.20. The zero-order valence-electron chi connectivity index (χ0n) is 6.22. The van der Waals surface area contributed by atoms with Crippen molar-refractivity contribution in [1.29, 1.82) is 0 Å². The summed E-state index contributed by atoms with van der Waals surface area (Å²) < 4.78 is 3.93. The molecule has 0 atom stereocenters. The fourth-order valence-electron chi connectivity index (χ4n) is 0.629. The van der Waals surface area contributed by atoms with Crippen LogP contribution in [0.4, 0.5) is 0 Å². The van der Waals surface area contributed by atoms with Crippen LogP contribution in [0.2, 0.25) is 0 Å². The number of carbonyl (C=O) groups is 1. The molecular formula is C6H13Cl2NO2. The molecule has 0 spiro atoms. The molecule has 0 aromatic heterocycles. The summed E-state index contributed by atoms with van der Waals surface area (Å²) in [6, 6.07) is 0. The van der Waals surface area contributed by atoms with Crippen LogP contribution in [0.1, 0.15) is 25.7 Å². The average Bonchev–Trinajstić information content (AvgIpc) is 1.98. The molecule has 0 rings (SSSR count). The number of carbonyl (C=O) groups excluding carboxylic acids is 1. The van der Waals surface area contributed by atoms with Gasteiger partial charge in [0.1, 0.15) is 11.9 Å². The lowest BCUT2D eigenvalue weighted by atomic mass is 10.2. The van der Waals surface area contributed by atoms with Gasteiger partial charge in [0.15, 0.2) is 0 Å². The first kappa shape index (κ1) is 13.6. The van der Waals surface area contributed by atoms with Gasteiger partial charge in [-0.3, -0.25) is 4.79 Å². The Bertz CT molecular complexity index is 101. The summed E-state index contributed by atoms with van der Waals surface area (Å²) >= 11 is 4.79. The number of rotatable bonds is 5. The molecule has 2 N–H and O–H groups in total. The van der Waals surface area contributed by atoms with Crippen molar-refractivity contribution in [3.8, 4) is 0 Å². The molecule has 0 saturated heterocycles. The van der Waals surface area contributed by atoms with E-state index in [0.717, 1.165) is 19.3 Å². The maximum atomic E-state index is 10.4. The minimum absolute atomic E-state index is 0. The van der Waals surface area contributed by atoms with Crippen LogP contribution in [0, 0.1) is 0 Å². The van der Waals surface area contributed by atoms with E-state index in [1.54, 1.807) is 0 Å². The van der Waals surface area contributed by atoms with Gasteiger partial charge in [-0.1, -0.05) is 6.42 Å². The summed E-state index contributed by atoms with van der Waals surface area (Å²) in [7, 11) is 0. The van der Waals surface area contributed by atoms with Gasteiger partial charge < -0.3 is 10.0 Å². The number of nitrogens with two attached hydrogens (primary N) is 1. The predicted molar refractivity (Wildman–Crippen MR) is 46.7 cm³/mol. The van der Waals surface area contributed by atoms with Crippen LogP contribution < -0.4 is 5.73 Å². The van der Waals surface area contributed by atoms with Crippen molar-refractivity contribution < 1.29 is 9.08 Å². The van der Waals surface area contributed by atoms with Crippen LogP contribution in [0.15, 0.2) is 0 Å². The van der Waals surface area contributed by atoms with E-state index in [4.69, 9.17) is 17.6 Å². The molecule has 0 unspecified atom stereocenters. The lowest BCUT2D eigenvalue weighted by molar-refractivity contribution is -0.134. The smallest absolute Gasteiger partial charge is 0.324 e. The third-order valence-electron chi connectivity index (χ3n) is 1.17. The Morgan fingerprint density at radius 1 is 1.36 bits per heavy atom. The van der Waals surface area contributed by atoms with Crippen LogP contribution in [-0.4, -0.2) is 12.5 Å². The van der Waals surface area contributed by atoms with E-state index < -0.39 is 0 Å². The topological polar surface area (TPSA) is 52.3 Å². The maximum Gasteiger partial charge on any atom is 0.324 e. The molecule has 0 fully saturated rings. The van der Waals surface area contributed by atoms with E-state index in [-0.39, 0.29) is 18.4 Å². The van der Waals surface area contributed by atoms with Crippen LogP contribution >= 0.6 is 24.3 Å². The van der Waals surface area contributed by atoms with Gasteiger partial charge in [0.2, 0.25) is 0 Å². The Balaban J connectivity index is 0. The van der Waals surface area contributed by atoms with Crippen molar-refractivity contribution in [2.75, 3.05) is 6.54 Å². The van der Waals surface area contributed by atoms with Crippen molar-refractivity contribution >= 4 is 30.2 Å². The van der Waals surface area contributed by atoms with Crippen molar-refractivity contribution in [3.63, 3.8) is 0 Å². The molecule has 3 nitrogen and oxygen atoms in total. The SMILES string of the molecule is Cl.NCCCCCC(=O)OCl. The molecule has 0 amide bonds. The second kappa shape index (κ2) is 10.0. The fourth-order valence-corrected chi connectivity index (χ4v) is 0.706. The van der Waals surface area contributed by atoms with Crippen molar-refractivity contribution in [2.45, 2.75) is 25.7 Å². The minimum Gasteiger partial charge on any atom is -0.348 e. The number of unbranched alkanes of at least 4 members (excludes halogenated alkanes) is 2. The summed E-state index contributed by atoms with van der Waals surface area (Å²) in [6.07, 6.45) is 3.12. The van der Waals surface area contributed by atoms with Crippen LogP contribution in [0.5, 0.6) is 0 Å². The highest BCUT2D eigenvalue weighted by molar-refractivity contribution is 6.13. The van der Waals surface area contributed by atoms with Gasteiger partial charge in [0.05, 0.1) is 0 Å². The Morgan fingerprint density at radius 3 is 2.45 bits per heavy atom. The van der Waals surface area contributed by atoms with Gasteiger partial charge >= 0.3 is 5.97 Å². The van der Waals surface area contributed by atoms with Crippen molar-refractivity contribution in [3.05, 3.63) is 0 Å². The molecule has 0 aliphatic rings. The van der Waals surface area contributed by atoms with E-state index in [1.165, 1.54) is 0 Å². The molecule has 0 radical (unpaired) electrons. The molecule has 0 aromatic rings. The Kier molecular flexibility index (Phi) is 12.4. The van der Waals surface area contributed by atoms with E-state index in [1.807, 2.05) is 0 Å². The lowest BCUT2D eigenvalue weighted by Gasteiger charge is -1.95. The molecule has 0 aliphatic heterocycles. The predicted octanol–water partition coefficient (Wildman–Crippen LogP) is 1.62. The fraction of sp³-hybridized carbons (Fsp3) is 0.833. The molecule has 5 heteroatoms. The van der Waals surface area contributed by atoms with Crippen LogP contribution in [0.3, 0.4) is 0 Å². The minimum atomic E-state index is -0.362. The van der Waals surface area contributed by atoms with Gasteiger partial charge in [-0.25, -0.2) is 0 Å². The van der Waals surface area contributed by atoms with Gasteiger partial charge in [0.25, 0.3) is 0 Å². The van der Waals surface area contributed by atoms with Gasteiger partial charge in [0, 0.05) is 6.42 Å². The third-order valence-corrected chi connectivity index (χ3v) is 1.34. The van der Waals surface area contributed by atoms with Crippen LogP contribution in [0.25, 0.3) is 0 Å². The number of hydrogen-bond acceptors (Lipinski definition) is 3. The standard InChI is InChI=1S/C6H12ClNO2.ClH/c7-10-6(9)4-2-1-3-5-8;/h1-5,8H2;1H. The molecule has 0 bridgehead atoms. The van der Waals surface area contributed by atoms with Gasteiger partial charge in [-0.15, -0.1) is 12.4 Å². The monoisotopic (exact) mass is 201 g/mol. The quantitative estimate of drug-likeness (QED) is 0.689. The molecule has 0 aliphatic carbocycles. The largest absolute Gasteiger partial charge is 0.348 e. The third kappa shape index (κ3) is 10.0. The Hall–Kier alpha value is 0.01000. The molecular weight excluding hydrogens is 189 g/mol. The van der Waals surface area contributed by atoms with Gasteiger partial charge in [-0.05, 0) is 19.4 Å². The highest BCUT2D eigenvalue weighted by Crippen LogP contribution is 2.00. The normalized spacial score (nSPS) is 8.55. The molecule has 0 aromatic carbocycles. The summed E-state index contributed by atoms with van der Waals surface area (Å²) in [4.78, 5) is 10.4. The average molecular weight is 202 g/mol. The summed E-state index contributed by atoms with van der Waals surface area (Å²) in [6.45, 7) is 0.677.